The molecule has 0 aromatic rings. The number of ether oxygens (including phenoxy) is 1. The zero-order chi connectivity index (χ0) is 15.1. The Morgan fingerprint density at radius 3 is 2.67 bits per heavy atom. The van der Waals surface area contributed by atoms with E-state index in [0.717, 1.165) is 19.3 Å². The van der Waals surface area contributed by atoms with Crippen molar-refractivity contribution in [1.29, 1.82) is 0 Å². The van der Waals surface area contributed by atoms with Gasteiger partial charge in [0.15, 0.2) is 0 Å². The molecule has 1 saturated heterocycles. The molecular weight excluding hydrogens is 270 g/mol. The Bertz CT molecular complexity index is 356. The summed E-state index contributed by atoms with van der Waals surface area (Å²) in [5, 5.41) is 5.64. The third kappa shape index (κ3) is 5.19. The summed E-state index contributed by atoms with van der Waals surface area (Å²) in [4.78, 5) is 25.8. The van der Waals surface area contributed by atoms with Crippen LogP contribution in [0.4, 0.5) is 4.79 Å². The highest BCUT2D eigenvalue weighted by molar-refractivity contribution is 5.84. The predicted molar refractivity (Wildman–Crippen MR) is 80.0 cm³/mol. The molecule has 1 atom stereocenters. The Balaban J connectivity index is 1.70. The molecule has 2 fully saturated rings. The second kappa shape index (κ2) is 8.22. The first-order valence-electron chi connectivity index (χ1n) is 8.08. The van der Waals surface area contributed by atoms with Crippen molar-refractivity contribution >= 4 is 11.9 Å². The summed E-state index contributed by atoms with van der Waals surface area (Å²) in [6.45, 7) is 3.95. The van der Waals surface area contributed by atoms with Crippen molar-refractivity contribution in [2.24, 2.45) is 0 Å². The zero-order valence-electron chi connectivity index (χ0n) is 12.9. The molecule has 1 saturated carbocycles. The maximum absolute atomic E-state index is 12.2. The van der Waals surface area contributed by atoms with E-state index in [2.05, 4.69) is 10.6 Å². The molecule has 6 nitrogen and oxygen atoms in total. The molecule has 1 aliphatic heterocycles. The Labute approximate surface area is 126 Å². The summed E-state index contributed by atoms with van der Waals surface area (Å²) < 4.78 is 5.38. The maximum atomic E-state index is 12.2. The second-order valence-electron chi connectivity index (χ2n) is 6.00. The second-order valence-corrected chi connectivity index (χ2v) is 6.00. The standard InChI is InChI=1S/C15H27N3O3/c1-12-7-9-21-10-8-18(12)14(19)11-16-15(20)17-13-5-3-2-4-6-13/h12-13H,2-11H2,1H3,(H2,16,17,20). The zero-order valence-corrected chi connectivity index (χ0v) is 12.9. The van der Waals surface area contributed by atoms with Crippen LogP contribution in [0.5, 0.6) is 0 Å². The Morgan fingerprint density at radius 2 is 1.90 bits per heavy atom. The van der Waals surface area contributed by atoms with Crippen LogP contribution in [0, 0.1) is 0 Å². The molecule has 1 unspecified atom stereocenters. The highest BCUT2D eigenvalue weighted by Crippen LogP contribution is 2.17. The average molecular weight is 297 g/mol. The SMILES string of the molecule is CC1CCOCCN1C(=O)CNC(=O)NC1CCCCC1. The highest BCUT2D eigenvalue weighted by Gasteiger charge is 2.23. The summed E-state index contributed by atoms with van der Waals surface area (Å²) >= 11 is 0. The largest absolute Gasteiger partial charge is 0.380 e. The number of carbonyl (C=O) groups is 2. The van der Waals surface area contributed by atoms with Crippen molar-refractivity contribution in [1.82, 2.24) is 15.5 Å². The normalized spacial score (nSPS) is 24.2. The van der Waals surface area contributed by atoms with Gasteiger partial charge < -0.3 is 20.3 Å². The van der Waals surface area contributed by atoms with E-state index in [-0.39, 0.29) is 30.6 Å². The summed E-state index contributed by atoms with van der Waals surface area (Å²) in [5.41, 5.74) is 0. The molecule has 6 heteroatoms. The molecule has 0 radical (unpaired) electrons. The third-order valence-electron chi connectivity index (χ3n) is 4.35. The van der Waals surface area contributed by atoms with Crippen LogP contribution in [0.25, 0.3) is 0 Å². The summed E-state index contributed by atoms with van der Waals surface area (Å²) in [5.74, 6) is -0.0354. The van der Waals surface area contributed by atoms with Crippen LogP contribution in [0.15, 0.2) is 0 Å². The number of hydrogen-bond donors (Lipinski definition) is 2. The first-order chi connectivity index (χ1) is 10.2. The lowest BCUT2D eigenvalue weighted by molar-refractivity contribution is -0.132. The number of rotatable bonds is 3. The van der Waals surface area contributed by atoms with E-state index in [1.165, 1.54) is 19.3 Å². The molecule has 0 aromatic carbocycles. The molecule has 3 amide bonds. The molecule has 0 bridgehead atoms. The summed E-state index contributed by atoms with van der Waals surface area (Å²) in [6, 6.07) is 0.205. The molecule has 120 valence electrons. The Hall–Kier alpha value is -1.30. The van der Waals surface area contributed by atoms with Crippen LogP contribution in [0.1, 0.15) is 45.4 Å². The van der Waals surface area contributed by atoms with E-state index in [0.29, 0.717) is 19.8 Å². The highest BCUT2D eigenvalue weighted by atomic mass is 16.5. The molecular formula is C15H27N3O3. The monoisotopic (exact) mass is 297 g/mol. The van der Waals surface area contributed by atoms with Gasteiger partial charge in [-0.15, -0.1) is 0 Å². The van der Waals surface area contributed by atoms with Gasteiger partial charge in [-0.05, 0) is 26.2 Å². The number of nitrogens with zero attached hydrogens (tertiary/aromatic N) is 1. The fourth-order valence-corrected chi connectivity index (χ4v) is 3.01. The lowest BCUT2D eigenvalue weighted by Gasteiger charge is -2.27. The van der Waals surface area contributed by atoms with Crippen LogP contribution < -0.4 is 10.6 Å². The van der Waals surface area contributed by atoms with Gasteiger partial charge in [0, 0.05) is 25.2 Å². The van der Waals surface area contributed by atoms with Gasteiger partial charge in [0.25, 0.3) is 0 Å². The van der Waals surface area contributed by atoms with Gasteiger partial charge in [0.1, 0.15) is 0 Å². The van der Waals surface area contributed by atoms with E-state index in [1.54, 1.807) is 4.90 Å². The first kappa shape index (κ1) is 16.1. The van der Waals surface area contributed by atoms with Gasteiger partial charge in [-0.3, -0.25) is 4.79 Å². The first-order valence-corrected chi connectivity index (χ1v) is 8.08. The molecule has 0 aromatic heterocycles. The van der Waals surface area contributed by atoms with Crippen LogP contribution >= 0.6 is 0 Å². The van der Waals surface area contributed by atoms with Crippen molar-refractivity contribution in [3.63, 3.8) is 0 Å². The van der Waals surface area contributed by atoms with E-state index in [9.17, 15) is 9.59 Å². The number of nitrogens with one attached hydrogen (secondary N) is 2. The topological polar surface area (TPSA) is 70.7 Å². The van der Waals surface area contributed by atoms with Crippen LogP contribution in [0.2, 0.25) is 0 Å². The van der Waals surface area contributed by atoms with Crippen LogP contribution in [-0.2, 0) is 9.53 Å². The van der Waals surface area contributed by atoms with Crippen molar-refractivity contribution in [2.45, 2.75) is 57.5 Å². The molecule has 0 spiro atoms. The van der Waals surface area contributed by atoms with Crippen molar-refractivity contribution in [3.8, 4) is 0 Å². The number of urea groups is 1. The van der Waals surface area contributed by atoms with Gasteiger partial charge in [0.05, 0.1) is 13.2 Å². The van der Waals surface area contributed by atoms with Crippen LogP contribution in [-0.4, -0.2) is 55.2 Å². The molecule has 1 aliphatic carbocycles. The minimum absolute atomic E-state index is 0.0354. The quantitative estimate of drug-likeness (QED) is 0.824. The number of carbonyl (C=O) groups excluding carboxylic acids is 2. The van der Waals surface area contributed by atoms with E-state index in [4.69, 9.17) is 4.74 Å². The fraction of sp³-hybridized carbons (Fsp3) is 0.867. The maximum Gasteiger partial charge on any atom is 0.315 e. The molecule has 21 heavy (non-hydrogen) atoms. The Morgan fingerprint density at radius 1 is 1.14 bits per heavy atom. The van der Waals surface area contributed by atoms with E-state index >= 15 is 0 Å². The van der Waals surface area contributed by atoms with Gasteiger partial charge >= 0.3 is 6.03 Å². The van der Waals surface area contributed by atoms with Crippen molar-refractivity contribution in [3.05, 3.63) is 0 Å². The van der Waals surface area contributed by atoms with Crippen LogP contribution in [0.3, 0.4) is 0 Å². The minimum atomic E-state index is -0.228. The fourth-order valence-electron chi connectivity index (χ4n) is 3.01. The third-order valence-corrected chi connectivity index (χ3v) is 4.35. The van der Waals surface area contributed by atoms with Gasteiger partial charge in [-0.1, -0.05) is 19.3 Å². The smallest absolute Gasteiger partial charge is 0.315 e. The summed E-state index contributed by atoms with van der Waals surface area (Å²) in [6.07, 6.45) is 6.54. The lowest BCUT2D eigenvalue weighted by Crippen LogP contribution is -2.49. The van der Waals surface area contributed by atoms with E-state index < -0.39 is 0 Å². The average Bonchev–Trinajstić information content (AvgIpc) is 2.70. The molecule has 2 N–H and O–H groups in total. The predicted octanol–water partition coefficient (Wildman–Crippen LogP) is 1.26. The number of hydrogen-bond acceptors (Lipinski definition) is 3. The summed E-state index contributed by atoms with van der Waals surface area (Å²) in [7, 11) is 0. The lowest BCUT2D eigenvalue weighted by atomic mass is 9.96. The van der Waals surface area contributed by atoms with Crippen molar-refractivity contribution in [2.75, 3.05) is 26.3 Å². The number of amides is 3. The van der Waals surface area contributed by atoms with Gasteiger partial charge in [0.2, 0.25) is 5.91 Å². The van der Waals surface area contributed by atoms with Crippen molar-refractivity contribution < 1.29 is 14.3 Å². The van der Waals surface area contributed by atoms with E-state index in [1.807, 2.05) is 6.92 Å². The van der Waals surface area contributed by atoms with Gasteiger partial charge in [-0.2, -0.15) is 0 Å². The van der Waals surface area contributed by atoms with Gasteiger partial charge in [-0.25, -0.2) is 4.79 Å². The molecule has 1 heterocycles. The molecule has 2 rings (SSSR count). The Kier molecular flexibility index (Phi) is 6.29. The molecule has 2 aliphatic rings. The minimum Gasteiger partial charge on any atom is -0.380 e.